The van der Waals surface area contributed by atoms with E-state index >= 15 is 0 Å². The van der Waals surface area contributed by atoms with Gasteiger partial charge in [0.2, 0.25) is 0 Å². The van der Waals surface area contributed by atoms with E-state index in [9.17, 15) is 5.11 Å². The highest BCUT2D eigenvalue weighted by Gasteiger charge is 2.10. The maximum atomic E-state index is 9.89. The van der Waals surface area contributed by atoms with Gasteiger partial charge in [0.1, 0.15) is 29.0 Å². The lowest BCUT2D eigenvalue weighted by Gasteiger charge is -2.07. The highest BCUT2D eigenvalue weighted by Crippen LogP contribution is 2.24. The van der Waals surface area contributed by atoms with Crippen LogP contribution in [0.3, 0.4) is 0 Å². The molecule has 0 saturated heterocycles. The van der Waals surface area contributed by atoms with E-state index in [2.05, 4.69) is 5.32 Å². The van der Waals surface area contributed by atoms with Gasteiger partial charge in [-0.15, -0.1) is 0 Å². The minimum atomic E-state index is -0.663. The van der Waals surface area contributed by atoms with Crippen LogP contribution in [0.5, 0.6) is 5.75 Å². The summed E-state index contributed by atoms with van der Waals surface area (Å²) in [6.07, 6.45) is 0.884. The van der Waals surface area contributed by atoms with Crippen molar-refractivity contribution in [1.82, 2.24) is 5.32 Å². The highest BCUT2D eigenvalue weighted by molar-refractivity contribution is 5.79. The third-order valence-electron chi connectivity index (χ3n) is 3.28. The third-order valence-corrected chi connectivity index (χ3v) is 3.28. The van der Waals surface area contributed by atoms with Crippen LogP contribution in [0.15, 0.2) is 51.5 Å². The average Bonchev–Trinajstić information content (AvgIpc) is 3.15. The summed E-state index contributed by atoms with van der Waals surface area (Å²) in [4.78, 5) is 0. The highest BCUT2D eigenvalue weighted by atomic mass is 16.5. The minimum Gasteiger partial charge on any atom is -0.497 e. The van der Waals surface area contributed by atoms with Gasteiger partial charge >= 0.3 is 0 Å². The SMILES string of the molecule is COc1ccc2oc(CNCC(O)c3ccco3)cc2c1. The number of nitrogens with one attached hydrogen (secondary N) is 1. The van der Waals surface area contributed by atoms with Crippen molar-refractivity contribution in [3.63, 3.8) is 0 Å². The lowest BCUT2D eigenvalue weighted by Crippen LogP contribution is -2.20. The standard InChI is InChI=1S/C16H17NO4/c1-19-12-4-5-15-11(7-12)8-13(21-15)9-17-10-14(18)16-3-2-6-20-16/h2-8,14,17-18H,9-10H2,1H3. The molecule has 0 radical (unpaired) electrons. The molecule has 0 fully saturated rings. The second kappa shape index (κ2) is 6.03. The van der Waals surface area contributed by atoms with Gasteiger partial charge < -0.3 is 24.0 Å². The predicted octanol–water partition coefficient (Wildman–Crippen LogP) is 2.86. The van der Waals surface area contributed by atoms with E-state index < -0.39 is 6.10 Å². The van der Waals surface area contributed by atoms with Crippen molar-refractivity contribution in [2.75, 3.05) is 13.7 Å². The molecule has 5 nitrogen and oxygen atoms in total. The number of benzene rings is 1. The molecule has 0 saturated carbocycles. The van der Waals surface area contributed by atoms with Crippen molar-refractivity contribution in [2.24, 2.45) is 0 Å². The molecule has 0 bridgehead atoms. The summed E-state index contributed by atoms with van der Waals surface area (Å²) in [7, 11) is 1.64. The van der Waals surface area contributed by atoms with Gasteiger partial charge in [-0.2, -0.15) is 0 Å². The Morgan fingerprint density at radius 3 is 2.95 bits per heavy atom. The van der Waals surface area contributed by atoms with Crippen molar-refractivity contribution in [3.8, 4) is 5.75 Å². The van der Waals surface area contributed by atoms with Gasteiger partial charge in [0.25, 0.3) is 0 Å². The van der Waals surface area contributed by atoms with Crippen molar-refractivity contribution in [3.05, 3.63) is 54.2 Å². The number of fused-ring (bicyclic) bond motifs is 1. The smallest absolute Gasteiger partial charge is 0.134 e. The number of hydrogen-bond donors (Lipinski definition) is 2. The van der Waals surface area contributed by atoms with Crippen LogP contribution >= 0.6 is 0 Å². The fourth-order valence-corrected chi connectivity index (χ4v) is 2.20. The van der Waals surface area contributed by atoms with Crippen molar-refractivity contribution in [2.45, 2.75) is 12.6 Å². The Labute approximate surface area is 122 Å². The van der Waals surface area contributed by atoms with Crippen LogP contribution in [0.1, 0.15) is 17.6 Å². The first-order chi connectivity index (χ1) is 10.3. The summed E-state index contributed by atoms with van der Waals surface area (Å²) in [5, 5.41) is 14.0. The number of ether oxygens (including phenoxy) is 1. The molecule has 110 valence electrons. The van der Waals surface area contributed by atoms with Crippen LogP contribution in [0.2, 0.25) is 0 Å². The summed E-state index contributed by atoms with van der Waals surface area (Å²) in [6, 6.07) is 11.1. The van der Waals surface area contributed by atoms with Crippen LogP contribution in [0.4, 0.5) is 0 Å². The van der Waals surface area contributed by atoms with E-state index in [0.717, 1.165) is 22.5 Å². The molecule has 1 atom stereocenters. The van der Waals surface area contributed by atoms with Crippen LogP contribution < -0.4 is 10.1 Å². The molecular formula is C16H17NO4. The fraction of sp³-hybridized carbons (Fsp3) is 0.250. The van der Waals surface area contributed by atoms with Gasteiger partial charge in [-0.25, -0.2) is 0 Å². The normalized spacial score (nSPS) is 12.7. The quantitative estimate of drug-likeness (QED) is 0.729. The summed E-state index contributed by atoms with van der Waals surface area (Å²) < 4.78 is 16.0. The lowest BCUT2D eigenvalue weighted by atomic mass is 10.2. The zero-order chi connectivity index (χ0) is 14.7. The van der Waals surface area contributed by atoms with Crippen molar-refractivity contribution in [1.29, 1.82) is 0 Å². The molecular weight excluding hydrogens is 270 g/mol. The number of methoxy groups -OCH3 is 1. The topological polar surface area (TPSA) is 67.8 Å². The third kappa shape index (κ3) is 3.09. The molecule has 1 unspecified atom stereocenters. The van der Waals surface area contributed by atoms with Gasteiger partial charge in [-0.3, -0.25) is 0 Å². The molecule has 1 aromatic carbocycles. The summed E-state index contributed by atoms with van der Waals surface area (Å²) in [5.41, 5.74) is 0.819. The zero-order valence-corrected chi connectivity index (χ0v) is 11.7. The first kappa shape index (κ1) is 13.7. The number of aliphatic hydroxyl groups excluding tert-OH is 1. The maximum Gasteiger partial charge on any atom is 0.134 e. The Bertz CT molecular complexity index is 702. The summed E-state index contributed by atoms with van der Waals surface area (Å²) in [6.45, 7) is 0.933. The van der Waals surface area contributed by atoms with Gasteiger partial charge in [0, 0.05) is 11.9 Å². The van der Waals surface area contributed by atoms with Crippen LogP contribution in [0, 0.1) is 0 Å². The Hall–Kier alpha value is -2.24. The van der Waals surface area contributed by atoms with E-state index in [-0.39, 0.29) is 0 Å². The van der Waals surface area contributed by atoms with Gasteiger partial charge in [0.05, 0.1) is 19.9 Å². The van der Waals surface area contributed by atoms with E-state index in [1.165, 1.54) is 0 Å². The molecule has 3 aromatic rings. The second-order valence-corrected chi connectivity index (χ2v) is 4.78. The summed E-state index contributed by atoms with van der Waals surface area (Å²) >= 11 is 0. The number of rotatable bonds is 6. The Balaban J connectivity index is 1.60. The van der Waals surface area contributed by atoms with Crippen molar-refractivity contribution >= 4 is 11.0 Å². The van der Waals surface area contributed by atoms with Crippen LogP contribution in [-0.4, -0.2) is 18.8 Å². The lowest BCUT2D eigenvalue weighted by molar-refractivity contribution is 0.146. The Kier molecular flexibility index (Phi) is 3.94. The summed E-state index contributed by atoms with van der Waals surface area (Å²) in [5.74, 6) is 2.16. The number of aliphatic hydroxyl groups is 1. The zero-order valence-electron chi connectivity index (χ0n) is 11.7. The van der Waals surface area contributed by atoms with Gasteiger partial charge in [0.15, 0.2) is 0 Å². The van der Waals surface area contributed by atoms with Gasteiger partial charge in [-0.05, 0) is 36.4 Å². The average molecular weight is 287 g/mol. The van der Waals surface area contributed by atoms with E-state index in [4.69, 9.17) is 13.6 Å². The molecule has 0 aliphatic heterocycles. The predicted molar refractivity (Wildman–Crippen MR) is 78.1 cm³/mol. The van der Waals surface area contributed by atoms with Crippen LogP contribution in [-0.2, 0) is 6.54 Å². The number of hydrogen-bond acceptors (Lipinski definition) is 5. The molecule has 21 heavy (non-hydrogen) atoms. The Morgan fingerprint density at radius 2 is 2.19 bits per heavy atom. The first-order valence-electron chi connectivity index (χ1n) is 6.75. The molecule has 0 spiro atoms. The van der Waals surface area contributed by atoms with E-state index in [1.54, 1.807) is 25.5 Å². The van der Waals surface area contributed by atoms with Gasteiger partial charge in [-0.1, -0.05) is 0 Å². The molecule has 2 N–H and O–H groups in total. The van der Waals surface area contributed by atoms with E-state index in [0.29, 0.717) is 18.8 Å². The maximum absolute atomic E-state index is 9.89. The Morgan fingerprint density at radius 1 is 1.29 bits per heavy atom. The van der Waals surface area contributed by atoms with Crippen molar-refractivity contribution < 1.29 is 18.7 Å². The fourth-order valence-electron chi connectivity index (χ4n) is 2.20. The van der Waals surface area contributed by atoms with E-state index in [1.807, 2.05) is 24.3 Å². The second-order valence-electron chi connectivity index (χ2n) is 4.78. The molecule has 0 aliphatic carbocycles. The largest absolute Gasteiger partial charge is 0.497 e. The molecule has 2 heterocycles. The number of furan rings is 2. The molecule has 2 aromatic heterocycles. The molecule has 0 aliphatic rings. The van der Waals surface area contributed by atoms with Crippen LogP contribution in [0.25, 0.3) is 11.0 Å². The molecule has 0 amide bonds. The first-order valence-corrected chi connectivity index (χ1v) is 6.75. The molecule has 5 heteroatoms. The minimum absolute atomic E-state index is 0.397. The molecule has 3 rings (SSSR count). The monoisotopic (exact) mass is 287 g/mol.